The van der Waals surface area contributed by atoms with Gasteiger partial charge in [-0.3, -0.25) is 4.68 Å². The van der Waals surface area contributed by atoms with Gasteiger partial charge in [0.1, 0.15) is 4.90 Å². The van der Waals surface area contributed by atoms with Crippen LogP contribution < -0.4 is 0 Å². The molecule has 0 spiro atoms. The molecule has 0 fully saturated rings. The number of aromatic nitrogens is 2. The predicted octanol–water partition coefficient (Wildman–Crippen LogP) is 1.09. The first-order valence-electron chi connectivity index (χ1n) is 6.09. The van der Waals surface area contributed by atoms with E-state index in [1.54, 1.807) is 10.9 Å². The fourth-order valence-corrected chi connectivity index (χ4v) is 2.45. The summed E-state index contributed by atoms with van der Waals surface area (Å²) >= 11 is 0. The molecule has 1 aromatic rings. The van der Waals surface area contributed by atoms with Gasteiger partial charge in [-0.15, -0.1) is 24.0 Å². The van der Waals surface area contributed by atoms with Crippen LogP contribution in [0.15, 0.2) is 17.3 Å². The minimum Gasteiger partial charge on any atom is -0.302 e. The molecule has 6 nitrogen and oxygen atoms in total. The summed E-state index contributed by atoms with van der Waals surface area (Å²) in [5, 5.41) is 4.09. The Balaban J connectivity index is 0.00000324. The molecule has 0 atom stereocenters. The highest BCUT2D eigenvalue weighted by Crippen LogP contribution is 2.11. The SMILES string of the molecule is CCN(CC)CCn1cc(S(=O)(=O)N(C)C)cn1.I. The number of nitrogens with zero attached hydrogens (tertiary/aromatic N) is 4. The first kappa shape index (κ1) is 18.8. The number of hydrogen-bond donors (Lipinski definition) is 0. The van der Waals surface area contributed by atoms with Crippen LogP contribution in [0.4, 0.5) is 0 Å². The molecular formula is C11H23IN4O2S. The topological polar surface area (TPSA) is 58.4 Å². The molecule has 1 rings (SSSR count). The Kier molecular flexibility index (Phi) is 8.09. The van der Waals surface area contributed by atoms with Crippen molar-refractivity contribution in [3.8, 4) is 0 Å². The smallest absolute Gasteiger partial charge is 0.245 e. The van der Waals surface area contributed by atoms with Crippen molar-refractivity contribution in [3.63, 3.8) is 0 Å². The van der Waals surface area contributed by atoms with Gasteiger partial charge in [0, 0.05) is 26.8 Å². The van der Waals surface area contributed by atoms with E-state index in [4.69, 9.17) is 0 Å². The quantitative estimate of drug-likeness (QED) is 0.641. The summed E-state index contributed by atoms with van der Waals surface area (Å²) in [5.74, 6) is 0. The standard InChI is InChI=1S/C11H22N4O2S.HI/c1-5-14(6-2)7-8-15-10-11(9-12-15)18(16,17)13(3)4;/h9-10H,5-8H2,1-4H3;1H. The Morgan fingerprint density at radius 3 is 2.32 bits per heavy atom. The number of hydrogen-bond acceptors (Lipinski definition) is 4. The van der Waals surface area contributed by atoms with Crippen molar-refractivity contribution in [2.75, 3.05) is 33.7 Å². The summed E-state index contributed by atoms with van der Waals surface area (Å²) in [5.41, 5.74) is 0. The van der Waals surface area contributed by atoms with Crippen LogP contribution in [0.25, 0.3) is 0 Å². The third kappa shape index (κ3) is 5.01. The summed E-state index contributed by atoms with van der Waals surface area (Å²) in [6, 6.07) is 0. The number of halogens is 1. The predicted molar refractivity (Wildman–Crippen MR) is 86.3 cm³/mol. The average molecular weight is 402 g/mol. The van der Waals surface area contributed by atoms with Gasteiger partial charge in [0.15, 0.2) is 0 Å². The lowest BCUT2D eigenvalue weighted by Gasteiger charge is -2.17. The third-order valence-electron chi connectivity index (χ3n) is 2.93. The molecule has 8 heteroatoms. The molecule has 0 bridgehead atoms. The van der Waals surface area contributed by atoms with E-state index >= 15 is 0 Å². The maximum atomic E-state index is 11.9. The van der Waals surface area contributed by atoms with Gasteiger partial charge in [-0.1, -0.05) is 13.8 Å². The van der Waals surface area contributed by atoms with E-state index in [9.17, 15) is 8.42 Å². The molecule has 0 saturated heterocycles. The van der Waals surface area contributed by atoms with Crippen molar-refractivity contribution in [1.29, 1.82) is 0 Å². The molecule has 0 amide bonds. The normalized spacial score (nSPS) is 11.9. The Morgan fingerprint density at radius 2 is 1.84 bits per heavy atom. The molecule has 0 aliphatic rings. The Labute approximate surface area is 132 Å². The number of sulfonamides is 1. The van der Waals surface area contributed by atoms with Crippen LogP contribution in [0, 0.1) is 0 Å². The van der Waals surface area contributed by atoms with E-state index in [2.05, 4.69) is 23.8 Å². The molecule has 0 aliphatic heterocycles. The molecule has 0 saturated carbocycles. The summed E-state index contributed by atoms with van der Waals surface area (Å²) in [7, 11) is -0.336. The second-order valence-corrected chi connectivity index (χ2v) is 6.41. The van der Waals surface area contributed by atoms with E-state index in [1.165, 1.54) is 24.6 Å². The zero-order valence-corrected chi connectivity index (χ0v) is 15.1. The molecular weight excluding hydrogens is 379 g/mol. The molecule has 0 radical (unpaired) electrons. The Hall–Kier alpha value is -0.190. The van der Waals surface area contributed by atoms with E-state index in [-0.39, 0.29) is 28.9 Å². The second kappa shape index (κ2) is 8.18. The fourth-order valence-electron chi connectivity index (χ4n) is 1.59. The van der Waals surface area contributed by atoms with Gasteiger partial charge in [0.25, 0.3) is 0 Å². The van der Waals surface area contributed by atoms with Crippen LogP contribution in [-0.4, -0.2) is 61.1 Å². The van der Waals surface area contributed by atoms with Crippen molar-refractivity contribution in [2.45, 2.75) is 25.3 Å². The van der Waals surface area contributed by atoms with E-state index in [0.717, 1.165) is 19.6 Å². The Morgan fingerprint density at radius 1 is 1.26 bits per heavy atom. The molecule has 112 valence electrons. The number of rotatable bonds is 7. The average Bonchev–Trinajstić information content (AvgIpc) is 2.79. The lowest BCUT2D eigenvalue weighted by molar-refractivity contribution is 0.285. The van der Waals surface area contributed by atoms with Crippen molar-refractivity contribution in [3.05, 3.63) is 12.4 Å². The number of likely N-dealkylation sites (N-methyl/N-ethyl adjacent to an activating group) is 1. The minimum atomic E-state index is -3.37. The van der Waals surface area contributed by atoms with Crippen LogP contribution in [-0.2, 0) is 16.6 Å². The van der Waals surface area contributed by atoms with E-state index in [0.29, 0.717) is 6.54 Å². The summed E-state index contributed by atoms with van der Waals surface area (Å²) in [4.78, 5) is 2.51. The Bertz CT molecular complexity index is 469. The minimum absolute atomic E-state index is 0. The highest BCUT2D eigenvalue weighted by atomic mass is 127. The van der Waals surface area contributed by atoms with Gasteiger partial charge in [-0.05, 0) is 13.1 Å². The zero-order valence-electron chi connectivity index (χ0n) is 11.9. The molecule has 1 heterocycles. The van der Waals surface area contributed by atoms with E-state index < -0.39 is 10.0 Å². The molecule has 0 aromatic carbocycles. The van der Waals surface area contributed by atoms with Gasteiger partial charge in [0.05, 0.1) is 12.7 Å². The van der Waals surface area contributed by atoms with Gasteiger partial charge in [-0.25, -0.2) is 12.7 Å². The van der Waals surface area contributed by atoms with Gasteiger partial charge in [0.2, 0.25) is 10.0 Å². The van der Waals surface area contributed by atoms with Crippen molar-refractivity contribution in [2.24, 2.45) is 0 Å². The van der Waals surface area contributed by atoms with Crippen LogP contribution in [0.2, 0.25) is 0 Å². The summed E-state index contributed by atoms with van der Waals surface area (Å²) < 4.78 is 26.6. The van der Waals surface area contributed by atoms with Gasteiger partial charge >= 0.3 is 0 Å². The molecule has 0 N–H and O–H groups in total. The molecule has 0 aliphatic carbocycles. The van der Waals surface area contributed by atoms with Gasteiger partial charge < -0.3 is 4.90 Å². The van der Waals surface area contributed by atoms with Crippen molar-refractivity contribution >= 4 is 34.0 Å². The molecule has 0 unspecified atom stereocenters. The first-order valence-corrected chi connectivity index (χ1v) is 7.53. The molecule has 19 heavy (non-hydrogen) atoms. The highest BCUT2D eigenvalue weighted by Gasteiger charge is 2.19. The van der Waals surface area contributed by atoms with Gasteiger partial charge in [-0.2, -0.15) is 5.10 Å². The van der Waals surface area contributed by atoms with Crippen molar-refractivity contribution in [1.82, 2.24) is 19.0 Å². The summed E-state index contributed by atoms with van der Waals surface area (Å²) in [6.07, 6.45) is 2.98. The first-order chi connectivity index (χ1) is 8.41. The summed E-state index contributed by atoms with van der Waals surface area (Å²) in [6.45, 7) is 7.76. The lowest BCUT2D eigenvalue weighted by atomic mass is 10.5. The van der Waals surface area contributed by atoms with E-state index in [1.807, 2.05) is 0 Å². The lowest BCUT2D eigenvalue weighted by Crippen LogP contribution is -2.27. The van der Waals surface area contributed by atoms with Crippen LogP contribution in [0.1, 0.15) is 13.8 Å². The second-order valence-electron chi connectivity index (χ2n) is 4.25. The highest BCUT2D eigenvalue weighted by molar-refractivity contribution is 14.0. The van der Waals surface area contributed by atoms with Crippen LogP contribution >= 0.6 is 24.0 Å². The maximum Gasteiger partial charge on any atom is 0.245 e. The fraction of sp³-hybridized carbons (Fsp3) is 0.727. The monoisotopic (exact) mass is 402 g/mol. The van der Waals surface area contributed by atoms with Crippen LogP contribution in [0.3, 0.4) is 0 Å². The maximum absolute atomic E-state index is 11.9. The van der Waals surface area contributed by atoms with Crippen LogP contribution in [0.5, 0.6) is 0 Å². The zero-order chi connectivity index (χ0) is 13.8. The largest absolute Gasteiger partial charge is 0.302 e. The molecule has 1 aromatic heterocycles. The van der Waals surface area contributed by atoms with Crippen molar-refractivity contribution < 1.29 is 8.42 Å². The third-order valence-corrected chi connectivity index (χ3v) is 4.70.